The maximum Gasteiger partial charge on any atom is 0.233 e. The Hall–Kier alpha value is -2.13. The Balaban J connectivity index is 1.82. The van der Waals surface area contributed by atoms with Gasteiger partial charge in [0.05, 0.1) is 5.92 Å². The highest BCUT2D eigenvalue weighted by molar-refractivity contribution is 5.96. The van der Waals surface area contributed by atoms with Crippen LogP contribution >= 0.6 is 0 Å². The van der Waals surface area contributed by atoms with Crippen LogP contribution in [0.3, 0.4) is 0 Å². The van der Waals surface area contributed by atoms with Crippen LogP contribution in [0.15, 0.2) is 54.6 Å². The van der Waals surface area contributed by atoms with Gasteiger partial charge in [-0.15, -0.1) is 0 Å². The Labute approximate surface area is 112 Å². The van der Waals surface area contributed by atoms with Crippen LogP contribution in [-0.2, 0) is 11.3 Å². The van der Waals surface area contributed by atoms with Gasteiger partial charge in [0.15, 0.2) is 0 Å². The summed E-state index contributed by atoms with van der Waals surface area (Å²) in [7, 11) is 0. The van der Waals surface area contributed by atoms with E-state index in [1.165, 1.54) is 5.56 Å². The lowest BCUT2D eigenvalue weighted by atomic mass is 9.90. The van der Waals surface area contributed by atoms with Crippen LogP contribution in [0.5, 0.6) is 0 Å². The number of carbonyl (C=O) groups is 1. The van der Waals surface area contributed by atoms with Gasteiger partial charge in [0.2, 0.25) is 5.91 Å². The smallest absolute Gasteiger partial charge is 0.233 e. The van der Waals surface area contributed by atoms with Crippen LogP contribution in [0.2, 0.25) is 0 Å². The molecule has 1 heterocycles. The molecule has 0 spiro atoms. The molecule has 3 heteroatoms. The quantitative estimate of drug-likeness (QED) is 0.862. The van der Waals surface area contributed by atoms with Crippen LogP contribution in [0.4, 0.5) is 5.69 Å². The molecule has 1 amide bonds. The average molecular weight is 252 g/mol. The van der Waals surface area contributed by atoms with Crippen molar-refractivity contribution in [2.24, 2.45) is 0 Å². The van der Waals surface area contributed by atoms with Gasteiger partial charge in [0.1, 0.15) is 0 Å². The van der Waals surface area contributed by atoms with Crippen molar-refractivity contribution in [3.63, 3.8) is 0 Å². The first kappa shape index (κ1) is 11.9. The van der Waals surface area contributed by atoms with Crippen molar-refractivity contribution in [1.29, 1.82) is 0 Å². The van der Waals surface area contributed by atoms with Crippen LogP contribution in [-0.4, -0.2) is 12.5 Å². The summed E-state index contributed by atoms with van der Waals surface area (Å²) >= 11 is 0. The summed E-state index contributed by atoms with van der Waals surface area (Å²) in [5.41, 5.74) is 3.19. The van der Waals surface area contributed by atoms with Crippen molar-refractivity contribution >= 4 is 11.6 Å². The fourth-order valence-electron chi connectivity index (χ4n) is 2.48. The fourth-order valence-corrected chi connectivity index (χ4v) is 2.48. The minimum atomic E-state index is -0.120. The molecule has 0 saturated heterocycles. The molecule has 2 aromatic rings. The topological polar surface area (TPSA) is 41.1 Å². The fraction of sp³-hybridized carbons (Fsp3) is 0.188. The molecule has 1 atom stereocenters. The van der Waals surface area contributed by atoms with Crippen LogP contribution in [0.1, 0.15) is 17.0 Å². The van der Waals surface area contributed by atoms with Crippen molar-refractivity contribution in [1.82, 2.24) is 5.32 Å². The lowest BCUT2D eigenvalue weighted by Gasteiger charge is -2.25. The standard InChI is InChI=1S/C16H16N2O/c19-16(18-13-7-2-1-3-8-13)15-11-17-10-12-6-4-5-9-14(12)15/h1-9,15,17H,10-11H2,(H,18,19). The summed E-state index contributed by atoms with van der Waals surface area (Å²) in [5, 5.41) is 6.27. The molecule has 96 valence electrons. The molecular formula is C16H16N2O. The maximum absolute atomic E-state index is 12.4. The first-order valence-electron chi connectivity index (χ1n) is 6.49. The highest BCUT2D eigenvalue weighted by atomic mass is 16.1. The minimum absolute atomic E-state index is 0.0471. The van der Waals surface area contributed by atoms with Gasteiger partial charge in [-0.3, -0.25) is 4.79 Å². The number of benzene rings is 2. The second-order valence-corrected chi connectivity index (χ2v) is 4.74. The van der Waals surface area contributed by atoms with E-state index >= 15 is 0 Å². The lowest BCUT2D eigenvalue weighted by molar-refractivity contribution is -0.117. The Bertz CT molecular complexity index is 580. The number of para-hydroxylation sites is 1. The number of rotatable bonds is 2. The average Bonchev–Trinajstić information content (AvgIpc) is 2.47. The summed E-state index contributed by atoms with van der Waals surface area (Å²) in [4.78, 5) is 12.4. The molecule has 1 unspecified atom stereocenters. The molecule has 0 fully saturated rings. The largest absolute Gasteiger partial charge is 0.326 e. The summed E-state index contributed by atoms with van der Waals surface area (Å²) in [6.07, 6.45) is 0. The van der Waals surface area contributed by atoms with Crippen LogP contribution in [0, 0.1) is 0 Å². The van der Waals surface area contributed by atoms with E-state index in [0.717, 1.165) is 17.8 Å². The Morgan fingerprint density at radius 1 is 1.05 bits per heavy atom. The van der Waals surface area contributed by atoms with Gasteiger partial charge in [-0.1, -0.05) is 42.5 Å². The Morgan fingerprint density at radius 2 is 1.79 bits per heavy atom. The van der Waals surface area contributed by atoms with Gasteiger partial charge in [0, 0.05) is 18.8 Å². The molecule has 0 saturated carbocycles. The van der Waals surface area contributed by atoms with E-state index in [2.05, 4.69) is 16.7 Å². The number of hydrogen-bond donors (Lipinski definition) is 2. The second-order valence-electron chi connectivity index (χ2n) is 4.74. The zero-order valence-electron chi connectivity index (χ0n) is 10.6. The van der Waals surface area contributed by atoms with E-state index in [4.69, 9.17) is 0 Å². The molecule has 2 aromatic carbocycles. The molecule has 2 N–H and O–H groups in total. The zero-order valence-corrected chi connectivity index (χ0v) is 10.6. The first-order chi connectivity index (χ1) is 9.34. The van der Waals surface area contributed by atoms with E-state index in [9.17, 15) is 4.79 Å². The van der Waals surface area contributed by atoms with Gasteiger partial charge >= 0.3 is 0 Å². The number of anilines is 1. The summed E-state index contributed by atoms with van der Waals surface area (Å²) in [6, 6.07) is 17.7. The van der Waals surface area contributed by atoms with Gasteiger partial charge in [-0.25, -0.2) is 0 Å². The number of carbonyl (C=O) groups excluding carboxylic acids is 1. The summed E-state index contributed by atoms with van der Waals surface area (Å²) in [6.45, 7) is 1.53. The number of hydrogen-bond acceptors (Lipinski definition) is 2. The monoisotopic (exact) mass is 252 g/mol. The number of nitrogens with one attached hydrogen (secondary N) is 2. The normalized spacial score (nSPS) is 17.6. The maximum atomic E-state index is 12.4. The zero-order chi connectivity index (χ0) is 13.1. The second kappa shape index (κ2) is 5.24. The van der Waals surface area contributed by atoms with Crippen molar-refractivity contribution in [3.8, 4) is 0 Å². The predicted molar refractivity (Wildman–Crippen MR) is 76.0 cm³/mol. The molecular weight excluding hydrogens is 236 g/mol. The highest BCUT2D eigenvalue weighted by Gasteiger charge is 2.25. The number of amides is 1. The summed E-state index contributed by atoms with van der Waals surface area (Å²) in [5.74, 6) is -0.0731. The van der Waals surface area contributed by atoms with Crippen molar-refractivity contribution < 1.29 is 4.79 Å². The SMILES string of the molecule is O=C(Nc1ccccc1)C1CNCc2ccccc21. The molecule has 3 rings (SSSR count). The molecule has 19 heavy (non-hydrogen) atoms. The van der Waals surface area contributed by atoms with Gasteiger partial charge in [-0.05, 0) is 23.3 Å². The van der Waals surface area contributed by atoms with E-state index in [0.29, 0.717) is 6.54 Å². The number of fused-ring (bicyclic) bond motifs is 1. The van der Waals surface area contributed by atoms with Crippen LogP contribution < -0.4 is 10.6 Å². The molecule has 0 bridgehead atoms. The lowest BCUT2D eigenvalue weighted by Crippen LogP contribution is -2.35. The van der Waals surface area contributed by atoms with Crippen molar-refractivity contribution in [2.45, 2.75) is 12.5 Å². The predicted octanol–water partition coefficient (Wildman–Crippen LogP) is 2.51. The molecule has 1 aliphatic rings. The minimum Gasteiger partial charge on any atom is -0.326 e. The highest BCUT2D eigenvalue weighted by Crippen LogP contribution is 2.25. The third-order valence-corrected chi connectivity index (χ3v) is 3.45. The molecule has 3 nitrogen and oxygen atoms in total. The van der Waals surface area contributed by atoms with Crippen molar-refractivity contribution in [3.05, 3.63) is 65.7 Å². The van der Waals surface area contributed by atoms with E-state index < -0.39 is 0 Å². The van der Waals surface area contributed by atoms with Crippen LogP contribution in [0.25, 0.3) is 0 Å². The van der Waals surface area contributed by atoms with E-state index in [1.54, 1.807) is 0 Å². The third kappa shape index (κ3) is 2.51. The molecule has 0 aliphatic carbocycles. The summed E-state index contributed by atoms with van der Waals surface area (Å²) < 4.78 is 0. The molecule has 0 aromatic heterocycles. The van der Waals surface area contributed by atoms with Crippen molar-refractivity contribution in [2.75, 3.05) is 11.9 Å². The van der Waals surface area contributed by atoms with E-state index in [1.807, 2.05) is 48.5 Å². The first-order valence-corrected chi connectivity index (χ1v) is 6.49. The Kier molecular flexibility index (Phi) is 3.29. The third-order valence-electron chi connectivity index (χ3n) is 3.45. The Morgan fingerprint density at radius 3 is 2.63 bits per heavy atom. The molecule has 1 aliphatic heterocycles. The van der Waals surface area contributed by atoms with Gasteiger partial charge in [-0.2, -0.15) is 0 Å². The van der Waals surface area contributed by atoms with Gasteiger partial charge in [0.25, 0.3) is 0 Å². The van der Waals surface area contributed by atoms with E-state index in [-0.39, 0.29) is 11.8 Å². The van der Waals surface area contributed by atoms with Gasteiger partial charge < -0.3 is 10.6 Å². The molecule has 0 radical (unpaired) electrons.